The van der Waals surface area contributed by atoms with Crippen LogP contribution < -0.4 is 0 Å². The average molecular weight is 571 g/mol. The fourth-order valence-corrected chi connectivity index (χ4v) is 6.58. The second-order valence-electron chi connectivity index (χ2n) is 11.8. The van der Waals surface area contributed by atoms with Gasteiger partial charge in [0.25, 0.3) is 0 Å². The average Bonchev–Trinajstić information content (AvgIpc) is 3.08. The third kappa shape index (κ3) is 6.33. The SMILES string of the molecule is Cc1ccc(C(C(=O)C(c2ccc(C)cc2)C(c2ccccc2)c2ccccc2)C(c2ccccc2)c2ccccc2)cc1. The van der Waals surface area contributed by atoms with Crippen LogP contribution in [0.5, 0.6) is 0 Å². The van der Waals surface area contributed by atoms with Gasteiger partial charge in [-0.3, -0.25) is 4.79 Å². The highest BCUT2D eigenvalue weighted by Crippen LogP contribution is 2.47. The number of hydrogen-bond donors (Lipinski definition) is 0. The summed E-state index contributed by atoms with van der Waals surface area (Å²) < 4.78 is 0. The second-order valence-corrected chi connectivity index (χ2v) is 11.8. The van der Waals surface area contributed by atoms with Crippen molar-refractivity contribution in [3.8, 4) is 0 Å². The van der Waals surface area contributed by atoms with Gasteiger partial charge in [-0.05, 0) is 47.2 Å². The molecule has 0 radical (unpaired) electrons. The van der Waals surface area contributed by atoms with Crippen molar-refractivity contribution in [3.63, 3.8) is 0 Å². The van der Waals surface area contributed by atoms with Crippen LogP contribution in [0.15, 0.2) is 170 Å². The first-order valence-electron chi connectivity index (χ1n) is 15.5. The molecule has 2 atom stereocenters. The Hall–Kier alpha value is -5.01. The van der Waals surface area contributed by atoms with E-state index in [1.54, 1.807) is 0 Å². The minimum Gasteiger partial charge on any atom is -0.298 e. The smallest absolute Gasteiger partial charge is 0.149 e. The van der Waals surface area contributed by atoms with Crippen molar-refractivity contribution >= 4 is 5.78 Å². The molecule has 6 rings (SSSR count). The summed E-state index contributed by atoms with van der Waals surface area (Å²) in [5.41, 5.74) is 8.97. The molecule has 0 bridgehead atoms. The molecule has 44 heavy (non-hydrogen) atoms. The predicted molar refractivity (Wildman–Crippen MR) is 182 cm³/mol. The Morgan fingerprint density at radius 3 is 0.841 bits per heavy atom. The Kier molecular flexibility index (Phi) is 8.94. The molecule has 0 aliphatic heterocycles. The summed E-state index contributed by atoms with van der Waals surface area (Å²) in [6.07, 6.45) is 0. The van der Waals surface area contributed by atoms with Gasteiger partial charge in [-0.2, -0.15) is 0 Å². The predicted octanol–water partition coefficient (Wildman–Crippen LogP) is 10.4. The van der Waals surface area contributed by atoms with Crippen molar-refractivity contribution < 1.29 is 4.79 Å². The molecule has 6 aromatic carbocycles. The Morgan fingerprint density at radius 1 is 0.341 bits per heavy atom. The lowest BCUT2D eigenvalue weighted by Crippen LogP contribution is -2.30. The van der Waals surface area contributed by atoms with Gasteiger partial charge in [0.15, 0.2) is 0 Å². The first-order valence-corrected chi connectivity index (χ1v) is 15.5. The molecule has 0 fully saturated rings. The molecule has 1 heteroatoms. The number of Topliss-reactive ketones (excluding diaryl/α,β-unsaturated/α-hetero) is 1. The lowest BCUT2D eigenvalue weighted by Gasteiger charge is -2.35. The van der Waals surface area contributed by atoms with Gasteiger partial charge < -0.3 is 0 Å². The molecule has 0 aliphatic rings. The maximum Gasteiger partial charge on any atom is 0.149 e. The van der Waals surface area contributed by atoms with Crippen LogP contribution in [0.1, 0.15) is 68.2 Å². The van der Waals surface area contributed by atoms with E-state index < -0.39 is 11.8 Å². The molecule has 6 aromatic rings. The van der Waals surface area contributed by atoms with Crippen LogP contribution in [0.2, 0.25) is 0 Å². The van der Waals surface area contributed by atoms with Gasteiger partial charge in [0.05, 0.1) is 11.8 Å². The van der Waals surface area contributed by atoms with Gasteiger partial charge in [-0.25, -0.2) is 0 Å². The molecule has 1 nitrogen and oxygen atoms in total. The summed E-state index contributed by atoms with van der Waals surface area (Å²) in [7, 11) is 0. The molecule has 216 valence electrons. The van der Waals surface area contributed by atoms with Gasteiger partial charge in [0.2, 0.25) is 0 Å². The molecule has 0 aromatic heterocycles. The van der Waals surface area contributed by atoms with Gasteiger partial charge in [-0.15, -0.1) is 0 Å². The molecule has 0 heterocycles. The van der Waals surface area contributed by atoms with E-state index in [1.807, 2.05) is 24.3 Å². The minimum atomic E-state index is -0.415. The fraction of sp³-hybridized carbons (Fsp3) is 0.140. The van der Waals surface area contributed by atoms with Gasteiger partial charge in [-0.1, -0.05) is 181 Å². The van der Waals surface area contributed by atoms with Crippen molar-refractivity contribution in [2.24, 2.45) is 0 Å². The fourth-order valence-electron chi connectivity index (χ4n) is 6.58. The Morgan fingerprint density at radius 2 is 0.591 bits per heavy atom. The minimum absolute atomic E-state index is 0.159. The van der Waals surface area contributed by atoms with Crippen molar-refractivity contribution in [1.29, 1.82) is 0 Å². The van der Waals surface area contributed by atoms with Gasteiger partial charge in [0.1, 0.15) is 5.78 Å². The number of ketones is 1. The third-order valence-electron chi connectivity index (χ3n) is 8.79. The summed E-state index contributed by atoms with van der Waals surface area (Å²) >= 11 is 0. The maximum absolute atomic E-state index is 15.8. The van der Waals surface area contributed by atoms with Crippen LogP contribution in [0.4, 0.5) is 0 Å². The van der Waals surface area contributed by atoms with E-state index in [0.717, 1.165) is 33.4 Å². The standard InChI is InChI=1S/C43H38O/c1-31-23-27-37(28-24-31)41(39(33-15-7-3-8-16-33)34-17-9-4-10-18-34)43(44)42(38-29-25-32(2)26-30-38)40(35-19-11-5-12-20-35)36-21-13-6-14-22-36/h3-30,39-42H,1-2H3. The summed E-state index contributed by atoms with van der Waals surface area (Å²) in [4.78, 5) is 15.8. The van der Waals surface area contributed by atoms with Crippen LogP contribution in [-0.4, -0.2) is 5.78 Å². The summed E-state index contributed by atoms with van der Waals surface area (Å²) in [6.45, 7) is 4.20. The van der Waals surface area contributed by atoms with Crippen LogP contribution in [0.3, 0.4) is 0 Å². The van der Waals surface area contributed by atoms with Crippen molar-refractivity contribution in [2.75, 3.05) is 0 Å². The van der Waals surface area contributed by atoms with Crippen LogP contribution in [0.25, 0.3) is 0 Å². The van der Waals surface area contributed by atoms with Crippen LogP contribution >= 0.6 is 0 Å². The van der Waals surface area contributed by atoms with Gasteiger partial charge in [0, 0.05) is 11.8 Å². The highest BCUT2D eigenvalue weighted by molar-refractivity contribution is 5.94. The van der Waals surface area contributed by atoms with E-state index in [-0.39, 0.29) is 17.6 Å². The molecule has 0 amide bonds. The Bertz CT molecular complexity index is 1540. The number of carbonyl (C=O) groups excluding carboxylic acids is 1. The molecule has 0 aliphatic carbocycles. The highest BCUT2D eigenvalue weighted by Gasteiger charge is 2.41. The van der Waals surface area contributed by atoms with Crippen molar-refractivity contribution in [1.82, 2.24) is 0 Å². The Labute approximate surface area is 261 Å². The zero-order valence-electron chi connectivity index (χ0n) is 25.4. The van der Waals surface area contributed by atoms with E-state index in [4.69, 9.17) is 0 Å². The van der Waals surface area contributed by atoms with E-state index in [1.165, 1.54) is 11.1 Å². The number of hydrogen-bond acceptors (Lipinski definition) is 1. The number of carbonyl (C=O) groups is 1. The summed E-state index contributed by atoms with van der Waals surface area (Å²) in [5, 5.41) is 0. The lowest BCUT2D eigenvalue weighted by molar-refractivity contribution is -0.122. The van der Waals surface area contributed by atoms with E-state index in [9.17, 15) is 0 Å². The largest absolute Gasteiger partial charge is 0.298 e. The molecular formula is C43H38O. The third-order valence-corrected chi connectivity index (χ3v) is 8.79. The summed E-state index contributed by atoms with van der Waals surface area (Å²) in [5.74, 6) is -0.933. The van der Waals surface area contributed by atoms with Gasteiger partial charge >= 0.3 is 0 Å². The normalized spacial score (nSPS) is 12.6. The monoisotopic (exact) mass is 570 g/mol. The first-order chi connectivity index (χ1) is 21.6. The second kappa shape index (κ2) is 13.5. The lowest BCUT2D eigenvalue weighted by atomic mass is 9.66. The number of aryl methyl sites for hydroxylation is 2. The van der Waals surface area contributed by atoms with E-state index in [0.29, 0.717) is 0 Å². The van der Waals surface area contributed by atoms with E-state index in [2.05, 4.69) is 159 Å². The molecule has 0 saturated heterocycles. The molecule has 0 N–H and O–H groups in total. The Balaban J connectivity index is 1.62. The first kappa shape index (κ1) is 29.1. The zero-order chi connectivity index (χ0) is 30.3. The highest BCUT2D eigenvalue weighted by atomic mass is 16.1. The summed E-state index contributed by atoms with van der Waals surface area (Å²) in [6, 6.07) is 59.3. The van der Waals surface area contributed by atoms with Crippen molar-refractivity contribution in [3.05, 3.63) is 214 Å². The number of benzene rings is 6. The van der Waals surface area contributed by atoms with Crippen molar-refractivity contribution in [2.45, 2.75) is 37.5 Å². The topological polar surface area (TPSA) is 17.1 Å². The number of rotatable bonds is 10. The molecule has 0 saturated carbocycles. The quantitative estimate of drug-likeness (QED) is 0.160. The van der Waals surface area contributed by atoms with Crippen LogP contribution in [-0.2, 0) is 4.79 Å². The zero-order valence-corrected chi connectivity index (χ0v) is 25.4. The maximum atomic E-state index is 15.8. The van der Waals surface area contributed by atoms with E-state index >= 15 is 4.79 Å². The molecule has 2 unspecified atom stereocenters. The molecular weight excluding hydrogens is 532 g/mol. The van der Waals surface area contributed by atoms with Crippen LogP contribution in [0, 0.1) is 13.8 Å². The molecule has 0 spiro atoms.